The van der Waals surface area contributed by atoms with E-state index in [0.29, 0.717) is 6.61 Å². The van der Waals surface area contributed by atoms with Crippen molar-refractivity contribution in [3.05, 3.63) is 35.9 Å². The lowest BCUT2D eigenvalue weighted by Gasteiger charge is -2.15. The highest BCUT2D eigenvalue weighted by atomic mass is 79.9. The van der Waals surface area contributed by atoms with Crippen LogP contribution in [0.5, 0.6) is 0 Å². The Morgan fingerprint density at radius 3 is 2.62 bits per heavy atom. The Morgan fingerprint density at radius 2 is 2.06 bits per heavy atom. The Bertz CT molecular complexity index is 311. The third-order valence-corrected chi connectivity index (χ3v) is 2.96. The minimum absolute atomic E-state index is 0.116. The highest BCUT2D eigenvalue weighted by molar-refractivity contribution is 9.09. The van der Waals surface area contributed by atoms with Gasteiger partial charge in [-0.3, -0.25) is 4.79 Å². The molecule has 1 aromatic carbocycles. The number of carbonyl (C=O) groups excluding carboxylic acids is 1. The standard InChI is InChI=1S/C13H17BrO2/c1-2-16-13(15)12(9-6-10-14)11-7-4-3-5-8-11/h3-5,7-8,12H,2,6,9-10H2,1H3/t12-/m1/s1. The number of benzene rings is 1. The molecule has 88 valence electrons. The van der Waals surface area contributed by atoms with Crippen molar-refractivity contribution in [2.24, 2.45) is 0 Å². The zero-order chi connectivity index (χ0) is 11.8. The first-order valence-corrected chi connectivity index (χ1v) is 6.69. The second-order valence-electron chi connectivity index (χ2n) is 3.55. The molecule has 0 aliphatic rings. The van der Waals surface area contributed by atoms with Crippen molar-refractivity contribution < 1.29 is 9.53 Å². The third-order valence-electron chi connectivity index (χ3n) is 2.40. The first-order valence-electron chi connectivity index (χ1n) is 5.57. The molecule has 2 nitrogen and oxygen atoms in total. The summed E-state index contributed by atoms with van der Waals surface area (Å²) in [5.74, 6) is -0.242. The van der Waals surface area contributed by atoms with Crippen LogP contribution in [0.25, 0.3) is 0 Å². The van der Waals surface area contributed by atoms with E-state index in [1.54, 1.807) is 0 Å². The molecule has 0 amide bonds. The number of ether oxygens (including phenoxy) is 1. The molecule has 16 heavy (non-hydrogen) atoms. The first kappa shape index (κ1) is 13.2. The number of rotatable bonds is 6. The van der Waals surface area contributed by atoms with Crippen molar-refractivity contribution >= 4 is 21.9 Å². The fourth-order valence-corrected chi connectivity index (χ4v) is 1.95. The Hall–Kier alpha value is -0.830. The van der Waals surface area contributed by atoms with Gasteiger partial charge >= 0.3 is 5.97 Å². The fourth-order valence-electron chi connectivity index (χ4n) is 1.63. The molecule has 0 saturated heterocycles. The lowest BCUT2D eigenvalue weighted by molar-refractivity contribution is -0.145. The average molecular weight is 285 g/mol. The van der Waals surface area contributed by atoms with E-state index in [0.717, 1.165) is 23.7 Å². The number of hydrogen-bond acceptors (Lipinski definition) is 2. The number of alkyl halides is 1. The zero-order valence-corrected chi connectivity index (χ0v) is 11.1. The van der Waals surface area contributed by atoms with E-state index in [2.05, 4.69) is 15.9 Å². The Labute approximate surface area is 105 Å². The smallest absolute Gasteiger partial charge is 0.313 e. The van der Waals surface area contributed by atoms with Crippen molar-refractivity contribution in [3.63, 3.8) is 0 Å². The molecule has 0 unspecified atom stereocenters. The number of carbonyl (C=O) groups is 1. The quantitative estimate of drug-likeness (QED) is 0.590. The molecule has 1 rings (SSSR count). The summed E-state index contributed by atoms with van der Waals surface area (Å²) in [5, 5.41) is 0.912. The molecular formula is C13H17BrO2. The maximum absolute atomic E-state index is 11.8. The van der Waals surface area contributed by atoms with Crippen LogP contribution < -0.4 is 0 Å². The molecule has 0 aliphatic carbocycles. The van der Waals surface area contributed by atoms with Gasteiger partial charge in [-0.2, -0.15) is 0 Å². The molecule has 1 atom stereocenters. The zero-order valence-electron chi connectivity index (χ0n) is 9.49. The van der Waals surface area contributed by atoms with Crippen LogP contribution in [0.3, 0.4) is 0 Å². The van der Waals surface area contributed by atoms with Crippen molar-refractivity contribution in [1.29, 1.82) is 0 Å². The second kappa shape index (κ2) is 7.44. The molecule has 0 saturated carbocycles. The molecule has 0 radical (unpaired) electrons. The van der Waals surface area contributed by atoms with Gasteiger partial charge in [0.2, 0.25) is 0 Å². The Kier molecular flexibility index (Phi) is 6.16. The van der Waals surface area contributed by atoms with Crippen LogP contribution in [0.1, 0.15) is 31.2 Å². The molecule has 0 heterocycles. The van der Waals surface area contributed by atoms with Gasteiger partial charge < -0.3 is 4.74 Å². The lowest BCUT2D eigenvalue weighted by atomic mass is 9.95. The fraction of sp³-hybridized carbons (Fsp3) is 0.462. The first-order chi connectivity index (χ1) is 7.79. The van der Waals surface area contributed by atoms with Gasteiger partial charge in [0.15, 0.2) is 0 Å². The minimum Gasteiger partial charge on any atom is -0.466 e. The molecule has 0 spiro atoms. The van der Waals surface area contributed by atoms with E-state index >= 15 is 0 Å². The van der Waals surface area contributed by atoms with Crippen molar-refractivity contribution in [2.75, 3.05) is 11.9 Å². The summed E-state index contributed by atoms with van der Waals surface area (Å²) in [6, 6.07) is 9.83. The molecule has 3 heteroatoms. The topological polar surface area (TPSA) is 26.3 Å². The van der Waals surface area contributed by atoms with Crippen molar-refractivity contribution in [1.82, 2.24) is 0 Å². The summed E-state index contributed by atoms with van der Waals surface area (Å²) in [6.07, 6.45) is 1.80. The van der Waals surface area contributed by atoms with Crippen LogP contribution in [0, 0.1) is 0 Å². The predicted molar refractivity (Wildman–Crippen MR) is 68.8 cm³/mol. The van der Waals surface area contributed by atoms with Crippen molar-refractivity contribution in [3.8, 4) is 0 Å². The molecule has 0 aliphatic heterocycles. The van der Waals surface area contributed by atoms with Gasteiger partial charge in [-0.15, -0.1) is 0 Å². The lowest BCUT2D eigenvalue weighted by Crippen LogP contribution is -2.16. The molecule has 0 bridgehead atoms. The molecule has 0 fully saturated rings. The van der Waals surface area contributed by atoms with Crippen LogP contribution in [0.4, 0.5) is 0 Å². The largest absolute Gasteiger partial charge is 0.466 e. The summed E-state index contributed by atoms with van der Waals surface area (Å²) < 4.78 is 5.10. The normalized spacial score (nSPS) is 12.1. The van der Waals surface area contributed by atoms with E-state index in [1.807, 2.05) is 37.3 Å². The summed E-state index contributed by atoms with van der Waals surface area (Å²) in [7, 11) is 0. The monoisotopic (exact) mass is 284 g/mol. The van der Waals surface area contributed by atoms with E-state index in [9.17, 15) is 4.79 Å². The van der Waals surface area contributed by atoms with Crippen LogP contribution in [0.2, 0.25) is 0 Å². The van der Waals surface area contributed by atoms with Crippen molar-refractivity contribution in [2.45, 2.75) is 25.7 Å². The van der Waals surface area contributed by atoms with Gasteiger partial charge in [-0.25, -0.2) is 0 Å². The summed E-state index contributed by atoms with van der Waals surface area (Å²) in [4.78, 5) is 11.8. The summed E-state index contributed by atoms with van der Waals surface area (Å²) in [5.41, 5.74) is 1.04. The SMILES string of the molecule is CCOC(=O)[C@H](CCCBr)c1ccccc1. The van der Waals surface area contributed by atoms with Gasteiger partial charge in [0, 0.05) is 5.33 Å². The van der Waals surface area contributed by atoms with Gasteiger partial charge in [0.05, 0.1) is 12.5 Å². The highest BCUT2D eigenvalue weighted by Gasteiger charge is 2.20. The van der Waals surface area contributed by atoms with E-state index < -0.39 is 0 Å². The van der Waals surface area contributed by atoms with E-state index in [1.165, 1.54) is 0 Å². The van der Waals surface area contributed by atoms with Gasteiger partial charge in [0.25, 0.3) is 0 Å². The van der Waals surface area contributed by atoms with Gasteiger partial charge in [-0.1, -0.05) is 46.3 Å². The van der Waals surface area contributed by atoms with Gasteiger partial charge in [-0.05, 0) is 25.3 Å². The Balaban J connectivity index is 2.74. The molecular weight excluding hydrogens is 268 g/mol. The number of esters is 1. The highest BCUT2D eigenvalue weighted by Crippen LogP contribution is 2.23. The maximum atomic E-state index is 11.8. The molecule has 0 aromatic heterocycles. The van der Waals surface area contributed by atoms with Crippen LogP contribution in [-0.4, -0.2) is 17.9 Å². The van der Waals surface area contributed by atoms with E-state index in [-0.39, 0.29) is 11.9 Å². The number of halogens is 1. The van der Waals surface area contributed by atoms with Crippen LogP contribution in [-0.2, 0) is 9.53 Å². The summed E-state index contributed by atoms with van der Waals surface area (Å²) in [6.45, 7) is 2.28. The van der Waals surface area contributed by atoms with Crippen LogP contribution in [0.15, 0.2) is 30.3 Å². The number of hydrogen-bond donors (Lipinski definition) is 0. The minimum atomic E-state index is -0.126. The van der Waals surface area contributed by atoms with Crippen LogP contribution >= 0.6 is 15.9 Å². The average Bonchev–Trinajstić information content (AvgIpc) is 2.31. The predicted octanol–water partition coefficient (Wildman–Crippen LogP) is 3.51. The Morgan fingerprint density at radius 1 is 1.38 bits per heavy atom. The van der Waals surface area contributed by atoms with E-state index in [4.69, 9.17) is 4.74 Å². The van der Waals surface area contributed by atoms with Gasteiger partial charge in [0.1, 0.15) is 0 Å². The summed E-state index contributed by atoms with van der Waals surface area (Å²) >= 11 is 3.39. The second-order valence-corrected chi connectivity index (χ2v) is 4.34. The third kappa shape index (κ3) is 3.97. The molecule has 0 N–H and O–H groups in total. The molecule has 1 aromatic rings. The maximum Gasteiger partial charge on any atom is 0.313 e.